The highest BCUT2D eigenvalue weighted by Crippen LogP contribution is 2.53. The van der Waals surface area contributed by atoms with Gasteiger partial charge >= 0.3 is 6.09 Å². The van der Waals surface area contributed by atoms with Crippen LogP contribution in [-0.2, 0) is 16.1 Å². The number of aliphatic hydroxyl groups excluding tert-OH is 2. The lowest BCUT2D eigenvalue weighted by Gasteiger charge is -2.40. The number of benzene rings is 1. The van der Waals surface area contributed by atoms with Crippen LogP contribution in [-0.4, -0.2) is 94.4 Å². The largest absolute Gasteiger partial charge is 0.445 e. The van der Waals surface area contributed by atoms with E-state index >= 15 is 0 Å². The second-order valence-electron chi connectivity index (χ2n) is 9.24. The average Bonchev–Trinajstić information content (AvgIpc) is 3.54. The molecule has 1 saturated carbocycles. The number of amides is 2. The summed E-state index contributed by atoms with van der Waals surface area (Å²) in [5.41, 5.74) is 1.03. The number of ether oxygens (including phenoxy) is 1. The van der Waals surface area contributed by atoms with Crippen LogP contribution in [0.2, 0.25) is 0 Å². The number of likely N-dealkylation sites (tertiary alicyclic amines) is 1. The van der Waals surface area contributed by atoms with Gasteiger partial charge in [0.05, 0.1) is 12.2 Å². The number of nitrogens with zero attached hydrogens (tertiary/aromatic N) is 3. The third-order valence-electron chi connectivity index (χ3n) is 7.04. The minimum Gasteiger partial charge on any atom is -0.445 e. The molecule has 3 fully saturated rings. The van der Waals surface area contributed by atoms with E-state index in [1.54, 1.807) is 11.8 Å². The molecule has 3 aliphatic rings. The number of β-amino-alcohol motifs (C(OH)–C–C–N with tert-alkyl or cyclic N) is 2. The number of aliphatic hydroxyl groups is 2. The number of carbonyl (C=O) groups excluding carboxylic acids is 2. The topological polar surface area (TPSA) is 93.5 Å². The third kappa shape index (κ3) is 5.02. The Morgan fingerprint density at radius 3 is 2.58 bits per heavy atom. The maximum absolute atomic E-state index is 12.8. The highest BCUT2D eigenvalue weighted by molar-refractivity contribution is 5.86. The van der Waals surface area contributed by atoms with Crippen molar-refractivity contribution in [1.29, 1.82) is 0 Å². The van der Waals surface area contributed by atoms with E-state index in [1.165, 1.54) is 4.90 Å². The van der Waals surface area contributed by atoms with Gasteiger partial charge in [-0.1, -0.05) is 30.3 Å². The van der Waals surface area contributed by atoms with Gasteiger partial charge in [0, 0.05) is 32.7 Å². The van der Waals surface area contributed by atoms with Crippen LogP contribution in [0.4, 0.5) is 4.79 Å². The van der Waals surface area contributed by atoms with Crippen LogP contribution >= 0.6 is 0 Å². The Kier molecular flexibility index (Phi) is 6.50. The Bertz CT molecular complexity index is 785. The van der Waals surface area contributed by atoms with Crippen LogP contribution in [0, 0.1) is 5.41 Å². The molecule has 170 valence electrons. The summed E-state index contributed by atoms with van der Waals surface area (Å²) >= 11 is 0. The number of rotatable bonds is 6. The Hall–Kier alpha value is -2.16. The predicted octanol–water partition coefficient (Wildman–Crippen LogP) is 1.06. The number of carbonyl (C=O) groups is 2. The van der Waals surface area contributed by atoms with E-state index in [2.05, 4.69) is 4.90 Å². The van der Waals surface area contributed by atoms with Crippen molar-refractivity contribution < 1.29 is 24.5 Å². The lowest BCUT2D eigenvalue weighted by atomic mass is 9.90. The first-order valence-electron chi connectivity index (χ1n) is 11.2. The molecule has 1 aromatic carbocycles. The summed E-state index contributed by atoms with van der Waals surface area (Å²) in [6.07, 6.45) is 1.68. The number of piperazine rings is 1. The normalized spacial score (nSPS) is 26.7. The predicted molar refractivity (Wildman–Crippen MR) is 114 cm³/mol. The summed E-state index contributed by atoms with van der Waals surface area (Å²) in [6, 6.07) is 8.80. The van der Waals surface area contributed by atoms with Gasteiger partial charge in [0.1, 0.15) is 12.6 Å². The van der Waals surface area contributed by atoms with Crippen molar-refractivity contribution in [3.8, 4) is 0 Å². The zero-order chi connectivity index (χ0) is 22.0. The quantitative estimate of drug-likeness (QED) is 0.700. The van der Waals surface area contributed by atoms with E-state index < -0.39 is 18.2 Å². The Balaban J connectivity index is 1.23. The zero-order valence-corrected chi connectivity index (χ0v) is 18.2. The highest BCUT2D eigenvalue weighted by atomic mass is 16.6. The fourth-order valence-electron chi connectivity index (χ4n) is 4.76. The van der Waals surface area contributed by atoms with Gasteiger partial charge in [-0.05, 0) is 43.7 Å². The van der Waals surface area contributed by atoms with Crippen molar-refractivity contribution in [3.63, 3.8) is 0 Å². The van der Waals surface area contributed by atoms with Gasteiger partial charge in [-0.15, -0.1) is 0 Å². The molecule has 0 bridgehead atoms. The van der Waals surface area contributed by atoms with Crippen LogP contribution < -0.4 is 0 Å². The summed E-state index contributed by atoms with van der Waals surface area (Å²) in [5.74, 6) is -0.183. The molecule has 0 aromatic heterocycles. The first-order chi connectivity index (χ1) is 14.9. The smallest absolute Gasteiger partial charge is 0.410 e. The first-order valence-corrected chi connectivity index (χ1v) is 11.2. The van der Waals surface area contributed by atoms with Crippen molar-refractivity contribution >= 4 is 12.0 Å². The molecule has 2 aliphatic heterocycles. The summed E-state index contributed by atoms with van der Waals surface area (Å²) in [4.78, 5) is 30.4. The average molecular weight is 432 g/mol. The maximum atomic E-state index is 12.8. The van der Waals surface area contributed by atoms with E-state index in [0.717, 1.165) is 31.4 Å². The van der Waals surface area contributed by atoms with Crippen LogP contribution in [0.25, 0.3) is 0 Å². The summed E-state index contributed by atoms with van der Waals surface area (Å²) in [6.45, 7) is 4.73. The lowest BCUT2D eigenvalue weighted by molar-refractivity contribution is -0.142. The molecule has 1 aliphatic carbocycles. The van der Waals surface area contributed by atoms with E-state index in [4.69, 9.17) is 4.74 Å². The molecule has 0 radical (unpaired) electrons. The van der Waals surface area contributed by atoms with Crippen molar-refractivity contribution in [3.05, 3.63) is 35.9 Å². The molecular formula is C23H33N3O5. The standard InChI is InChI=1S/C23H33N3O5/c1-17-21(29)25(11-12-26(17)22(30)31-16-18-5-3-2-4-6-18)14-19(27)13-24-10-9-23(7-8-23)20(28)15-24/h2-6,17,19-20,27-28H,7-16H2,1H3/t17-,19+,20+/m0/s1. The van der Waals surface area contributed by atoms with Gasteiger partial charge in [0.25, 0.3) is 0 Å². The second kappa shape index (κ2) is 9.14. The van der Waals surface area contributed by atoms with Gasteiger partial charge in [-0.3, -0.25) is 14.6 Å². The minimum absolute atomic E-state index is 0.137. The molecule has 1 spiro atoms. The second-order valence-corrected chi connectivity index (χ2v) is 9.24. The zero-order valence-electron chi connectivity index (χ0n) is 18.2. The van der Waals surface area contributed by atoms with Crippen molar-refractivity contribution in [2.75, 3.05) is 39.3 Å². The van der Waals surface area contributed by atoms with Gasteiger partial charge in [0.15, 0.2) is 0 Å². The molecular weight excluding hydrogens is 398 g/mol. The molecule has 2 amide bonds. The van der Waals surface area contributed by atoms with Gasteiger partial charge in [-0.25, -0.2) is 4.79 Å². The Morgan fingerprint density at radius 1 is 1.16 bits per heavy atom. The molecule has 0 unspecified atom stereocenters. The molecule has 31 heavy (non-hydrogen) atoms. The SMILES string of the molecule is C[C@H]1C(=O)N(C[C@H](O)CN2CCC3(CC3)[C@H](O)C2)CCN1C(=O)OCc1ccccc1. The first kappa shape index (κ1) is 22.0. The van der Waals surface area contributed by atoms with Crippen molar-refractivity contribution in [2.45, 2.75) is 51.0 Å². The van der Waals surface area contributed by atoms with Crippen molar-refractivity contribution in [2.24, 2.45) is 5.41 Å². The van der Waals surface area contributed by atoms with E-state index in [9.17, 15) is 19.8 Å². The van der Waals surface area contributed by atoms with Crippen LogP contribution in [0.1, 0.15) is 31.7 Å². The van der Waals surface area contributed by atoms with E-state index in [-0.39, 0.29) is 30.6 Å². The highest BCUT2D eigenvalue weighted by Gasteiger charge is 2.51. The fourth-order valence-corrected chi connectivity index (χ4v) is 4.76. The summed E-state index contributed by atoms with van der Waals surface area (Å²) < 4.78 is 5.37. The van der Waals surface area contributed by atoms with Gasteiger partial charge in [-0.2, -0.15) is 0 Å². The molecule has 8 nitrogen and oxygen atoms in total. The fraction of sp³-hybridized carbons (Fsp3) is 0.652. The molecule has 4 rings (SSSR count). The van der Waals surface area contributed by atoms with Crippen molar-refractivity contribution in [1.82, 2.24) is 14.7 Å². The van der Waals surface area contributed by atoms with Gasteiger partial charge < -0.3 is 19.8 Å². The molecule has 2 N–H and O–H groups in total. The number of piperidine rings is 1. The van der Waals surface area contributed by atoms with Gasteiger partial charge in [0.2, 0.25) is 5.91 Å². The molecule has 1 aromatic rings. The summed E-state index contributed by atoms with van der Waals surface area (Å²) in [7, 11) is 0. The third-order valence-corrected chi connectivity index (χ3v) is 7.04. The van der Waals surface area contributed by atoms with Crippen LogP contribution in [0.5, 0.6) is 0 Å². The monoisotopic (exact) mass is 431 g/mol. The van der Waals surface area contributed by atoms with E-state index in [0.29, 0.717) is 26.2 Å². The number of hydrogen-bond donors (Lipinski definition) is 2. The molecule has 8 heteroatoms. The van der Waals surface area contributed by atoms with E-state index in [1.807, 2.05) is 30.3 Å². The molecule has 2 saturated heterocycles. The minimum atomic E-state index is -0.687. The maximum Gasteiger partial charge on any atom is 0.410 e. The molecule has 2 heterocycles. The lowest BCUT2D eigenvalue weighted by Crippen LogP contribution is -2.59. The Morgan fingerprint density at radius 2 is 1.90 bits per heavy atom. The van der Waals surface area contributed by atoms with Crippen LogP contribution in [0.3, 0.4) is 0 Å². The number of hydrogen-bond acceptors (Lipinski definition) is 6. The van der Waals surface area contributed by atoms with Crippen LogP contribution in [0.15, 0.2) is 30.3 Å². The molecule has 3 atom stereocenters. The summed E-state index contributed by atoms with van der Waals surface area (Å²) in [5, 5.41) is 20.9. The Labute approximate surface area is 183 Å².